The van der Waals surface area contributed by atoms with Gasteiger partial charge in [-0.3, -0.25) is 9.78 Å². The number of carbonyl (C=O) groups is 1. The van der Waals surface area contributed by atoms with Crippen LogP contribution in [0.2, 0.25) is 0 Å². The molecule has 1 aromatic carbocycles. The van der Waals surface area contributed by atoms with Gasteiger partial charge in [0, 0.05) is 38.1 Å². The molecule has 2 aromatic rings. The van der Waals surface area contributed by atoms with Crippen LogP contribution < -0.4 is 5.32 Å². The van der Waals surface area contributed by atoms with Crippen LogP contribution in [0.1, 0.15) is 56.2 Å². The molecule has 0 radical (unpaired) electrons. The molecule has 1 aliphatic carbocycles. The van der Waals surface area contributed by atoms with Gasteiger partial charge in [0.05, 0.1) is 11.0 Å². The molecule has 4 nitrogen and oxygen atoms in total. The number of amides is 1. The van der Waals surface area contributed by atoms with E-state index in [0.29, 0.717) is 31.1 Å². The third kappa shape index (κ3) is 5.19. The van der Waals surface area contributed by atoms with Crippen molar-refractivity contribution in [2.24, 2.45) is 11.3 Å². The molecule has 1 aliphatic heterocycles. The number of hydrogen-bond donors (Lipinski definition) is 1. The summed E-state index contributed by atoms with van der Waals surface area (Å²) in [5.74, 6) is 0.380. The summed E-state index contributed by atoms with van der Waals surface area (Å²) < 4.78 is 39.2. The topological polar surface area (TPSA) is 45.2 Å². The van der Waals surface area contributed by atoms with E-state index in [2.05, 4.69) is 36.3 Å². The molecule has 1 saturated carbocycles. The molecule has 0 spiro atoms. The Hall–Kier alpha value is -2.67. The largest absolute Gasteiger partial charge is 0.417 e. The lowest BCUT2D eigenvalue weighted by atomic mass is 9.74. The predicted molar refractivity (Wildman–Crippen MR) is 127 cm³/mol. The van der Waals surface area contributed by atoms with E-state index >= 15 is 0 Å². The smallest absolute Gasteiger partial charge is 0.338 e. The van der Waals surface area contributed by atoms with Crippen molar-refractivity contribution in [3.05, 3.63) is 71.6 Å². The molecule has 2 aliphatic rings. The van der Waals surface area contributed by atoms with Gasteiger partial charge < -0.3 is 10.2 Å². The van der Waals surface area contributed by atoms with Crippen LogP contribution >= 0.6 is 0 Å². The minimum Gasteiger partial charge on any atom is -0.338 e. The van der Waals surface area contributed by atoms with Crippen molar-refractivity contribution in [2.45, 2.75) is 58.3 Å². The summed E-state index contributed by atoms with van der Waals surface area (Å²) in [4.78, 5) is 19.4. The predicted octanol–water partition coefficient (Wildman–Crippen LogP) is 5.70. The zero-order valence-electron chi connectivity index (χ0n) is 19.7. The average Bonchev–Trinajstić information content (AvgIpc) is 3.28. The molecule has 2 heterocycles. The summed E-state index contributed by atoms with van der Waals surface area (Å²) in [5, 5.41) is 3.63. The molecular formula is C27H32F3N3O. The second kappa shape index (κ2) is 9.90. The first kappa shape index (κ1) is 24.5. The van der Waals surface area contributed by atoms with Crippen molar-refractivity contribution in [2.75, 3.05) is 13.1 Å². The number of carbonyl (C=O) groups excluding carboxylic acids is 1. The zero-order chi connectivity index (χ0) is 24.3. The molecule has 182 valence electrons. The lowest BCUT2D eigenvalue weighted by molar-refractivity contribution is -0.144. The number of hydrogen-bond acceptors (Lipinski definition) is 3. The van der Waals surface area contributed by atoms with Gasteiger partial charge in [0.25, 0.3) is 0 Å². The lowest BCUT2D eigenvalue weighted by Crippen LogP contribution is -2.47. The van der Waals surface area contributed by atoms with Crippen LogP contribution in [-0.2, 0) is 17.5 Å². The van der Waals surface area contributed by atoms with Gasteiger partial charge in [-0.15, -0.1) is 0 Å². The minimum absolute atomic E-state index is 0.170. The Morgan fingerprint density at radius 3 is 2.65 bits per heavy atom. The van der Waals surface area contributed by atoms with Crippen molar-refractivity contribution >= 4 is 11.5 Å². The van der Waals surface area contributed by atoms with E-state index in [1.54, 1.807) is 0 Å². The molecule has 0 bridgehead atoms. The average molecular weight is 472 g/mol. The van der Waals surface area contributed by atoms with Gasteiger partial charge in [0.2, 0.25) is 5.91 Å². The number of halogens is 3. The Morgan fingerprint density at radius 1 is 1.24 bits per heavy atom. The van der Waals surface area contributed by atoms with Crippen LogP contribution in [0, 0.1) is 11.3 Å². The maximum absolute atomic E-state index is 13.7. The fourth-order valence-electron chi connectivity index (χ4n) is 5.27. The standard InChI is InChI=1S/C27H32F3N3O/c1-19(2)26(11-8-24(15-26)32-16-20-6-4-3-5-7-20)25(34)33-12-9-21(10-13-33)22-14-23(18-31-17-22)27(28,29)30/h3-7,9,14,17-19,24,32H,8,10-13,15-16H2,1-2H3/t24-,26+/m1/s1. The highest BCUT2D eigenvalue weighted by Gasteiger charge is 2.49. The molecule has 0 unspecified atom stereocenters. The third-order valence-corrected chi connectivity index (χ3v) is 7.45. The normalized spacial score (nSPS) is 23.3. The Balaban J connectivity index is 1.42. The van der Waals surface area contributed by atoms with E-state index in [1.165, 1.54) is 11.8 Å². The number of benzene rings is 1. The summed E-state index contributed by atoms with van der Waals surface area (Å²) in [5.41, 5.74) is 1.37. The molecule has 1 aromatic heterocycles. The molecular weight excluding hydrogens is 439 g/mol. The fraction of sp³-hybridized carbons (Fsp3) is 0.481. The second-order valence-electron chi connectivity index (χ2n) is 9.81. The number of aromatic nitrogens is 1. The van der Waals surface area contributed by atoms with Crippen LogP contribution in [0.5, 0.6) is 0 Å². The van der Waals surface area contributed by atoms with E-state index in [-0.39, 0.29) is 11.8 Å². The van der Waals surface area contributed by atoms with E-state index in [9.17, 15) is 18.0 Å². The maximum atomic E-state index is 13.7. The summed E-state index contributed by atoms with van der Waals surface area (Å²) >= 11 is 0. The van der Waals surface area contributed by atoms with Crippen molar-refractivity contribution in [3.63, 3.8) is 0 Å². The van der Waals surface area contributed by atoms with Crippen molar-refractivity contribution in [3.8, 4) is 0 Å². The highest BCUT2D eigenvalue weighted by Crippen LogP contribution is 2.46. The Morgan fingerprint density at radius 2 is 2.00 bits per heavy atom. The third-order valence-electron chi connectivity index (χ3n) is 7.45. The molecule has 4 rings (SSSR count). The summed E-state index contributed by atoms with van der Waals surface area (Å²) in [6.45, 7) is 5.96. The molecule has 0 saturated heterocycles. The number of nitrogens with one attached hydrogen (secondary N) is 1. The number of rotatable bonds is 6. The van der Waals surface area contributed by atoms with E-state index in [1.807, 2.05) is 29.2 Å². The Kier molecular flexibility index (Phi) is 7.12. The first-order chi connectivity index (χ1) is 16.2. The first-order valence-electron chi connectivity index (χ1n) is 12.0. The van der Waals surface area contributed by atoms with E-state index in [0.717, 1.165) is 43.6 Å². The SMILES string of the molecule is CC(C)[C@]1(C(=O)N2CC=C(c3cncc(C(F)(F)F)c3)CC2)CC[C@@H](NCc2ccccc2)C1. The Labute approximate surface area is 199 Å². The maximum Gasteiger partial charge on any atom is 0.417 e. The molecule has 7 heteroatoms. The zero-order valence-corrected chi connectivity index (χ0v) is 19.7. The summed E-state index contributed by atoms with van der Waals surface area (Å²) in [6.07, 6.45) is 2.91. The molecule has 34 heavy (non-hydrogen) atoms. The molecule has 1 amide bonds. The quantitative estimate of drug-likeness (QED) is 0.588. The fourth-order valence-corrected chi connectivity index (χ4v) is 5.27. The summed E-state index contributed by atoms with van der Waals surface area (Å²) in [6, 6.07) is 11.7. The van der Waals surface area contributed by atoms with Crippen LogP contribution in [0.15, 0.2) is 54.9 Å². The van der Waals surface area contributed by atoms with Crippen LogP contribution in [0.3, 0.4) is 0 Å². The van der Waals surface area contributed by atoms with E-state index in [4.69, 9.17) is 0 Å². The van der Waals surface area contributed by atoms with Gasteiger partial charge in [0.1, 0.15) is 0 Å². The van der Waals surface area contributed by atoms with Gasteiger partial charge in [0.15, 0.2) is 0 Å². The van der Waals surface area contributed by atoms with Crippen molar-refractivity contribution < 1.29 is 18.0 Å². The highest BCUT2D eigenvalue weighted by atomic mass is 19.4. The minimum atomic E-state index is -4.42. The molecule has 1 fully saturated rings. The monoisotopic (exact) mass is 471 g/mol. The molecule has 2 atom stereocenters. The van der Waals surface area contributed by atoms with Gasteiger partial charge >= 0.3 is 6.18 Å². The van der Waals surface area contributed by atoms with Gasteiger partial charge in [-0.25, -0.2) is 0 Å². The number of alkyl halides is 3. The van der Waals surface area contributed by atoms with Crippen molar-refractivity contribution in [1.29, 1.82) is 0 Å². The molecule has 1 N–H and O–H groups in total. The van der Waals surface area contributed by atoms with Crippen LogP contribution in [-0.4, -0.2) is 34.9 Å². The van der Waals surface area contributed by atoms with E-state index < -0.39 is 17.2 Å². The Bertz CT molecular complexity index is 1030. The first-order valence-corrected chi connectivity index (χ1v) is 12.0. The number of nitrogens with zero attached hydrogens (tertiary/aromatic N) is 2. The lowest BCUT2D eigenvalue weighted by Gasteiger charge is -2.39. The van der Waals surface area contributed by atoms with Gasteiger partial charge in [-0.1, -0.05) is 50.3 Å². The highest BCUT2D eigenvalue weighted by molar-refractivity contribution is 5.84. The second-order valence-corrected chi connectivity index (χ2v) is 9.81. The number of pyridine rings is 1. The van der Waals surface area contributed by atoms with Gasteiger partial charge in [-0.05, 0) is 54.4 Å². The van der Waals surface area contributed by atoms with Crippen molar-refractivity contribution in [1.82, 2.24) is 15.2 Å². The van der Waals surface area contributed by atoms with Crippen LogP contribution in [0.25, 0.3) is 5.57 Å². The van der Waals surface area contributed by atoms with Gasteiger partial charge in [-0.2, -0.15) is 13.2 Å². The summed E-state index contributed by atoms with van der Waals surface area (Å²) in [7, 11) is 0. The van der Waals surface area contributed by atoms with Crippen LogP contribution in [0.4, 0.5) is 13.2 Å².